The zero-order chi connectivity index (χ0) is 11.6. The minimum Gasteiger partial charge on any atom is -0.519 e. The molecule has 0 N–H and O–H groups in total. The first-order chi connectivity index (χ1) is 6.81. The molecule has 1 aliphatic rings. The molecule has 86 valence electrons. The van der Waals surface area contributed by atoms with Crippen LogP contribution in [0.4, 0.5) is 0 Å². The number of nitro groups is 1. The molecule has 2 unspecified atom stereocenters. The van der Waals surface area contributed by atoms with Crippen molar-refractivity contribution in [3.05, 3.63) is 10.1 Å². The highest BCUT2D eigenvalue weighted by atomic mass is 28.4. The Morgan fingerprint density at radius 1 is 1.40 bits per heavy atom. The zero-order valence-corrected chi connectivity index (χ0v) is 10.4. The predicted octanol–water partition coefficient (Wildman–Crippen LogP) is 1.81. The molecule has 0 aromatic carbocycles. The van der Waals surface area contributed by atoms with Crippen molar-refractivity contribution >= 4 is 14.3 Å². The maximum atomic E-state index is 11.7. The average Bonchev–Trinajstić information content (AvgIpc) is 2.47. The third-order valence-electron chi connectivity index (χ3n) is 2.46. The van der Waals surface area contributed by atoms with E-state index in [1.54, 1.807) is 0 Å². The first kappa shape index (κ1) is 12.2. The molecule has 0 spiro atoms. The van der Waals surface area contributed by atoms with Crippen LogP contribution in [0.3, 0.4) is 0 Å². The third kappa shape index (κ3) is 3.30. The summed E-state index contributed by atoms with van der Waals surface area (Å²) in [6, 6.07) is -0.728. The highest BCUT2D eigenvalue weighted by Crippen LogP contribution is 2.29. The summed E-state index contributed by atoms with van der Waals surface area (Å²) in [6.45, 7) is 5.71. The van der Waals surface area contributed by atoms with Crippen molar-refractivity contribution in [2.45, 2.75) is 44.9 Å². The summed E-state index contributed by atoms with van der Waals surface area (Å²) in [5.74, 6) is -0.889. The maximum absolute atomic E-state index is 11.7. The van der Waals surface area contributed by atoms with E-state index in [9.17, 15) is 14.9 Å². The van der Waals surface area contributed by atoms with Crippen LogP contribution in [0.1, 0.15) is 19.3 Å². The zero-order valence-electron chi connectivity index (χ0n) is 9.36. The molecule has 0 aliphatic heterocycles. The SMILES string of the molecule is C[Si](C)(C)OC(=O)C1CCCC1[N+](=O)[O-]. The molecule has 0 amide bonds. The van der Waals surface area contributed by atoms with Crippen LogP contribution >= 0.6 is 0 Å². The third-order valence-corrected chi connectivity index (χ3v) is 3.27. The smallest absolute Gasteiger partial charge is 0.302 e. The lowest BCUT2D eigenvalue weighted by Crippen LogP contribution is -2.37. The van der Waals surface area contributed by atoms with E-state index in [0.717, 1.165) is 6.42 Å². The molecule has 15 heavy (non-hydrogen) atoms. The Bertz CT molecular complexity index is 274. The summed E-state index contributed by atoms with van der Waals surface area (Å²) in [7, 11) is -1.92. The van der Waals surface area contributed by atoms with Crippen LogP contribution < -0.4 is 0 Å². The van der Waals surface area contributed by atoms with Gasteiger partial charge in [0, 0.05) is 11.3 Å². The summed E-state index contributed by atoms with van der Waals surface area (Å²) >= 11 is 0. The lowest BCUT2D eigenvalue weighted by atomic mass is 10.1. The van der Waals surface area contributed by atoms with E-state index >= 15 is 0 Å². The van der Waals surface area contributed by atoms with E-state index < -0.39 is 20.3 Å². The minimum atomic E-state index is -1.92. The molecule has 0 bridgehead atoms. The molecule has 0 radical (unpaired) electrons. The second kappa shape index (κ2) is 4.30. The lowest BCUT2D eigenvalue weighted by molar-refractivity contribution is -0.526. The molecule has 0 aromatic heterocycles. The minimum absolute atomic E-state index is 0.344. The summed E-state index contributed by atoms with van der Waals surface area (Å²) < 4.78 is 5.30. The van der Waals surface area contributed by atoms with E-state index in [4.69, 9.17) is 4.43 Å². The van der Waals surface area contributed by atoms with E-state index in [-0.39, 0.29) is 10.9 Å². The van der Waals surface area contributed by atoms with Crippen molar-refractivity contribution in [2.24, 2.45) is 5.92 Å². The van der Waals surface area contributed by atoms with E-state index in [2.05, 4.69) is 0 Å². The molecule has 1 rings (SSSR count). The second-order valence-electron chi connectivity index (χ2n) is 4.92. The monoisotopic (exact) mass is 231 g/mol. The van der Waals surface area contributed by atoms with E-state index in [1.165, 1.54) is 0 Å². The van der Waals surface area contributed by atoms with Gasteiger partial charge < -0.3 is 4.43 Å². The van der Waals surface area contributed by atoms with Crippen molar-refractivity contribution < 1.29 is 14.1 Å². The largest absolute Gasteiger partial charge is 0.519 e. The molecule has 2 atom stereocenters. The van der Waals surface area contributed by atoms with Gasteiger partial charge in [0.25, 0.3) is 0 Å². The maximum Gasteiger partial charge on any atom is 0.302 e. The van der Waals surface area contributed by atoms with Crippen molar-refractivity contribution in [3.63, 3.8) is 0 Å². The predicted molar refractivity (Wildman–Crippen MR) is 57.6 cm³/mol. The molecule has 1 saturated carbocycles. The molecule has 5 nitrogen and oxygen atoms in total. The Morgan fingerprint density at radius 2 is 2.00 bits per heavy atom. The van der Waals surface area contributed by atoms with Gasteiger partial charge in [-0.15, -0.1) is 0 Å². The molecule has 6 heteroatoms. The molecule has 0 aromatic rings. The van der Waals surface area contributed by atoms with Crippen molar-refractivity contribution in [1.29, 1.82) is 0 Å². The van der Waals surface area contributed by atoms with Crippen LogP contribution in [0.15, 0.2) is 0 Å². The van der Waals surface area contributed by atoms with Crippen LogP contribution in [0.5, 0.6) is 0 Å². The van der Waals surface area contributed by atoms with Crippen LogP contribution in [-0.2, 0) is 9.22 Å². The fourth-order valence-corrected chi connectivity index (χ4v) is 2.60. The second-order valence-corrected chi connectivity index (χ2v) is 9.35. The van der Waals surface area contributed by atoms with Gasteiger partial charge in [-0.1, -0.05) is 0 Å². The number of hydrogen-bond donors (Lipinski definition) is 0. The number of hydrogen-bond acceptors (Lipinski definition) is 4. The van der Waals surface area contributed by atoms with Crippen molar-refractivity contribution in [3.8, 4) is 0 Å². The van der Waals surface area contributed by atoms with E-state index in [1.807, 2.05) is 19.6 Å². The molecular formula is C9H17NO4Si. The number of nitrogens with zero attached hydrogens (tertiary/aromatic N) is 1. The Hall–Kier alpha value is -0.913. The average molecular weight is 231 g/mol. The van der Waals surface area contributed by atoms with E-state index in [0.29, 0.717) is 12.8 Å². The summed E-state index contributed by atoms with van der Waals surface area (Å²) in [5, 5.41) is 10.7. The molecular weight excluding hydrogens is 214 g/mol. The first-order valence-electron chi connectivity index (χ1n) is 5.17. The Kier molecular flexibility index (Phi) is 3.49. The van der Waals surface area contributed by atoms with Gasteiger partial charge in [-0.25, -0.2) is 0 Å². The summed E-state index contributed by atoms with van der Waals surface area (Å²) in [4.78, 5) is 22.0. The van der Waals surface area contributed by atoms with Gasteiger partial charge in [-0.3, -0.25) is 14.9 Å². The normalized spacial score (nSPS) is 26.3. The number of carbonyl (C=O) groups excluding carboxylic acids is 1. The Balaban J connectivity index is 2.63. The number of rotatable bonds is 3. The lowest BCUT2D eigenvalue weighted by Gasteiger charge is -2.20. The summed E-state index contributed by atoms with van der Waals surface area (Å²) in [5.41, 5.74) is 0. The molecule has 1 aliphatic carbocycles. The quantitative estimate of drug-likeness (QED) is 0.422. The van der Waals surface area contributed by atoms with Crippen LogP contribution in [0.25, 0.3) is 0 Å². The van der Waals surface area contributed by atoms with Gasteiger partial charge in [0.1, 0.15) is 5.92 Å². The number of carbonyl (C=O) groups is 1. The molecule has 0 heterocycles. The Morgan fingerprint density at radius 3 is 2.47 bits per heavy atom. The van der Waals surface area contributed by atoms with Crippen LogP contribution in [0.2, 0.25) is 19.6 Å². The fraction of sp³-hybridized carbons (Fsp3) is 0.889. The first-order valence-corrected chi connectivity index (χ1v) is 8.58. The fourth-order valence-electron chi connectivity index (χ4n) is 1.85. The van der Waals surface area contributed by atoms with Gasteiger partial charge in [0.2, 0.25) is 14.4 Å². The van der Waals surface area contributed by atoms with Gasteiger partial charge in [-0.05, 0) is 32.5 Å². The highest BCUT2D eigenvalue weighted by Gasteiger charge is 2.43. The van der Waals surface area contributed by atoms with Gasteiger partial charge in [0.15, 0.2) is 0 Å². The van der Waals surface area contributed by atoms with Gasteiger partial charge in [0.05, 0.1) is 0 Å². The highest BCUT2D eigenvalue weighted by molar-refractivity contribution is 6.71. The standard InChI is InChI=1S/C9H17NO4Si/c1-15(2,3)14-9(11)7-5-4-6-8(7)10(12)13/h7-8H,4-6H2,1-3H3. The topological polar surface area (TPSA) is 69.4 Å². The van der Waals surface area contributed by atoms with Crippen LogP contribution in [0, 0.1) is 16.0 Å². The molecule has 1 fully saturated rings. The van der Waals surface area contributed by atoms with Crippen molar-refractivity contribution in [2.75, 3.05) is 0 Å². The van der Waals surface area contributed by atoms with Gasteiger partial charge >= 0.3 is 5.97 Å². The van der Waals surface area contributed by atoms with Crippen LogP contribution in [-0.4, -0.2) is 25.3 Å². The Labute approximate surface area is 90.1 Å². The molecule has 0 saturated heterocycles. The van der Waals surface area contributed by atoms with Crippen molar-refractivity contribution in [1.82, 2.24) is 0 Å². The van der Waals surface area contributed by atoms with Gasteiger partial charge in [-0.2, -0.15) is 0 Å². The summed E-state index contributed by atoms with van der Waals surface area (Å²) in [6.07, 6.45) is 1.84.